The third kappa shape index (κ3) is 6.22. The van der Waals surface area contributed by atoms with Gasteiger partial charge in [0.2, 0.25) is 0 Å². The second kappa shape index (κ2) is 10.5. The third-order valence-electron chi connectivity index (χ3n) is 4.14. The Hall–Kier alpha value is -3.06. The lowest BCUT2D eigenvalue weighted by atomic mass is 10.0. The number of rotatable bonds is 8. The average molecular weight is 418 g/mol. The van der Waals surface area contributed by atoms with Crippen molar-refractivity contribution < 1.29 is 19.1 Å². The Morgan fingerprint density at radius 3 is 2.48 bits per heavy atom. The molecule has 1 unspecified atom stereocenters. The van der Waals surface area contributed by atoms with Crippen molar-refractivity contribution in [2.24, 2.45) is 11.0 Å². The molecule has 1 atom stereocenters. The lowest BCUT2D eigenvalue weighted by Gasteiger charge is -2.20. The fraction of sp³-hybridized carbons (Fsp3) is 0.286. The lowest BCUT2D eigenvalue weighted by Crippen LogP contribution is -2.48. The average Bonchev–Trinajstić information content (AvgIpc) is 2.71. The summed E-state index contributed by atoms with van der Waals surface area (Å²) in [6, 6.07) is 11.0. The minimum atomic E-state index is -0.767. The Balaban J connectivity index is 2.06. The van der Waals surface area contributed by atoms with Gasteiger partial charge in [0.1, 0.15) is 17.5 Å². The van der Waals surface area contributed by atoms with E-state index in [1.165, 1.54) is 13.3 Å². The molecule has 29 heavy (non-hydrogen) atoms. The van der Waals surface area contributed by atoms with Crippen molar-refractivity contribution in [2.45, 2.75) is 19.9 Å². The molecule has 0 aliphatic heterocycles. The number of benzene rings is 2. The molecule has 8 heteroatoms. The minimum absolute atomic E-state index is 0.149. The normalized spacial score (nSPS) is 11.9. The quantitative estimate of drug-likeness (QED) is 0.509. The van der Waals surface area contributed by atoms with Crippen LogP contribution in [-0.4, -0.2) is 38.3 Å². The highest BCUT2D eigenvalue weighted by Crippen LogP contribution is 2.23. The summed E-state index contributed by atoms with van der Waals surface area (Å²) in [6.45, 7) is 3.66. The maximum Gasteiger partial charge on any atom is 0.262 e. The summed E-state index contributed by atoms with van der Waals surface area (Å²) >= 11 is 5.92. The van der Waals surface area contributed by atoms with Crippen LogP contribution in [0.1, 0.15) is 29.8 Å². The zero-order valence-electron chi connectivity index (χ0n) is 16.7. The molecule has 0 spiro atoms. The van der Waals surface area contributed by atoms with Crippen molar-refractivity contribution in [1.29, 1.82) is 0 Å². The lowest BCUT2D eigenvalue weighted by molar-refractivity contribution is -0.123. The molecule has 7 nitrogen and oxygen atoms in total. The van der Waals surface area contributed by atoms with Crippen molar-refractivity contribution in [3.63, 3.8) is 0 Å². The van der Waals surface area contributed by atoms with E-state index in [9.17, 15) is 9.59 Å². The van der Waals surface area contributed by atoms with Gasteiger partial charge in [0.05, 0.1) is 20.4 Å². The predicted octanol–water partition coefficient (Wildman–Crippen LogP) is 3.26. The van der Waals surface area contributed by atoms with Gasteiger partial charge in [0.25, 0.3) is 11.8 Å². The van der Waals surface area contributed by atoms with Crippen molar-refractivity contribution in [2.75, 3.05) is 14.2 Å². The molecule has 0 saturated carbocycles. The van der Waals surface area contributed by atoms with Gasteiger partial charge >= 0.3 is 0 Å². The number of ether oxygens (including phenoxy) is 2. The Morgan fingerprint density at radius 2 is 1.86 bits per heavy atom. The summed E-state index contributed by atoms with van der Waals surface area (Å²) in [5.74, 6) is 0.230. The SMILES string of the molecule is COc1ccc(/C=N/NC(=O)C(NC(=O)c2cccc(Cl)c2)C(C)C)c(OC)c1. The summed E-state index contributed by atoms with van der Waals surface area (Å²) < 4.78 is 10.4. The first-order chi connectivity index (χ1) is 13.8. The van der Waals surface area contributed by atoms with Crippen molar-refractivity contribution in [3.8, 4) is 11.5 Å². The van der Waals surface area contributed by atoms with Crippen LogP contribution in [0.2, 0.25) is 5.02 Å². The van der Waals surface area contributed by atoms with Crippen LogP contribution >= 0.6 is 11.6 Å². The van der Waals surface area contributed by atoms with Gasteiger partial charge in [-0.3, -0.25) is 9.59 Å². The first-order valence-electron chi connectivity index (χ1n) is 8.97. The van der Waals surface area contributed by atoms with Crippen molar-refractivity contribution in [1.82, 2.24) is 10.7 Å². The van der Waals surface area contributed by atoms with E-state index in [-0.39, 0.29) is 11.8 Å². The van der Waals surface area contributed by atoms with E-state index >= 15 is 0 Å². The molecule has 0 radical (unpaired) electrons. The van der Waals surface area contributed by atoms with Gasteiger partial charge < -0.3 is 14.8 Å². The van der Waals surface area contributed by atoms with E-state index in [4.69, 9.17) is 21.1 Å². The van der Waals surface area contributed by atoms with Crippen LogP contribution in [0, 0.1) is 5.92 Å². The number of nitrogens with zero attached hydrogens (tertiary/aromatic N) is 1. The van der Waals surface area contributed by atoms with Crippen LogP contribution in [0.5, 0.6) is 11.5 Å². The Kier molecular flexibility index (Phi) is 8.03. The number of hydrogen-bond donors (Lipinski definition) is 2. The molecule has 2 N–H and O–H groups in total. The first-order valence-corrected chi connectivity index (χ1v) is 9.35. The molecule has 0 heterocycles. The third-order valence-corrected chi connectivity index (χ3v) is 4.38. The molecule has 154 valence electrons. The predicted molar refractivity (Wildman–Crippen MR) is 113 cm³/mol. The van der Waals surface area contributed by atoms with E-state index in [1.807, 2.05) is 13.8 Å². The summed E-state index contributed by atoms with van der Waals surface area (Å²) in [5, 5.41) is 7.15. The summed E-state index contributed by atoms with van der Waals surface area (Å²) in [4.78, 5) is 25.0. The number of carbonyl (C=O) groups is 2. The molecule has 2 rings (SSSR count). The highest BCUT2D eigenvalue weighted by Gasteiger charge is 2.24. The maximum absolute atomic E-state index is 12.5. The maximum atomic E-state index is 12.5. The molecule has 0 fully saturated rings. The van der Waals surface area contributed by atoms with Crippen LogP contribution in [0.15, 0.2) is 47.6 Å². The minimum Gasteiger partial charge on any atom is -0.497 e. The second-order valence-corrected chi connectivity index (χ2v) is 6.98. The molecule has 0 aliphatic rings. The van der Waals surface area contributed by atoms with Crippen LogP contribution < -0.4 is 20.2 Å². The molecule has 2 amide bonds. The van der Waals surface area contributed by atoms with Gasteiger partial charge in [0, 0.05) is 22.2 Å². The number of methoxy groups -OCH3 is 2. The topological polar surface area (TPSA) is 89.0 Å². The molecule has 0 aromatic heterocycles. The van der Waals surface area contributed by atoms with Gasteiger partial charge in [-0.25, -0.2) is 5.43 Å². The number of halogens is 1. The van der Waals surface area contributed by atoms with E-state index in [0.29, 0.717) is 27.6 Å². The van der Waals surface area contributed by atoms with Crippen molar-refractivity contribution in [3.05, 3.63) is 58.6 Å². The smallest absolute Gasteiger partial charge is 0.262 e. The van der Waals surface area contributed by atoms with Gasteiger partial charge in [-0.05, 0) is 36.2 Å². The number of amides is 2. The molecule has 0 saturated heterocycles. The fourth-order valence-corrected chi connectivity index (χ4v) is 2.74. The van der Waals surface area contributed by atoms with E-state index in [1.54, 1.807) is 49.6 Å². The number of nitrogens with one attached hydrogen (secondary N) is 2. The molecular weight excluding hydrogens is 394 g/mol. The number of hydrogen-bond acceptors (Lipinski definition) is 5. The van der Waals surface area contributed by atoms with E-state index < -0.39 is 11.9 Å². The van der Waals surface area contributed by atoms with Gasteiger partial charge in [-0.15, -0.1) is 0 Å². The molecule has 0 aliphatic carbocycles. The van der Waals surface area contributed by atoms with Crippen LogP contribution in [0.3, 0.4) is 0 Å². The molecule has 2 aromatic rings. The molecule has 0 bridgehead atoms. The summed E-state index contributed by atoms with van der Waals surface area (Å²) in [6.07, 6.45) is 1.46. The summed E-state index contributed by atoms with van der Waals surface area (Å²) in [5.41, 5.74) is 3.51. The fourth-order valence-electron chi connectivity index (χ4n) is 2.55. The first kappa shape index (κ1) is 22.2. The highest BCUT2D eigenvalue weighted by molar-refractivity contribution is 6.31. The Bertz CT molecular complexity index is 899. The van der Waals surface area contributed by atoms with Crippen molar-refractivity contribution >= 4 is 29.6 Å². The monoisotopic (exact) mass is 417 g/mol. The summed E-state index contributed by atoms with van der Waals surface area (Å²) in [7, 11) is 3.09. The van der Waals surface area contributed by atoms with Crippen LogP contribution in [0.4, 0.5) is 0 Å². The zero-order valence-corrected chi connectivity index (χ0v) is 17.5. The Morgan fingerprint density at radius 1 is 1.10 bits per heavy atom. The largest absolute Gasteiger partial charge is 0.497 e. The number of carbonyl (C=O) groups excluding carboxylic acids is 2. The van der Waals surface area contributed by atoms with Crippen LogP contribution in [-0.2, 0) is 4.79 Å². The van der Waals surface area contributed by atoms with Gasteiger partial charge in [-0.1, -0.05) is 31.5 Å². The van der Waals surface area contributed by atoms with E-state index in [0.717, 1.165) is 0 Å². The standard InChI is InChI=1S/C21H24ClN3O4/c1-13(2)19(24-20(26)14-6-5-7-16(22)10-14)21(27)25-23-12-15-8-9-17(28-3)11-18(15)29-4/h5-13,19H,1-4H3,(H,24,26)(H,25,27)/b23-12+. The van der Waals surface area contributed by atoms with E-state index in [2.05, 4.69) is 15.8 Å². The van der Waals surface area contributed by atoms with Crippen LogP contribution in [0.25, 0.3) is 0 Å². The zero-order chi connectivity index (χ0) is 21.4. The second-order valence-electron chi connectivity index (χ2n) is 6.55. The van der Waals surface area contributed by atoms with Gasteiger partial charge in [-0.2, -0.15) is 5.10 Å². The van der Waals surface area contributed by atoms with Gasteiger partial charge in [0.15, 0.2) is 0 Å². The molecule has 2 aromatic carbocycles. The number of hydrazone groups is 1. The highest BCUT2D eigenvalue weighted by atomic mass is 35.5. The Labute approximate surface area is 175 Å². The molecular formula is C21H24ClN3O4.